The molecule has 4 rings (SSSR count). The summed E-state index contributed by atoms with van der Waals surface area (Å²) in [6.45, 7) is 2.69. The van der Waals surface area contributed by atoms with Gasteiger partial charge in [0.1, 0.15) is 0 Å². The van der Waals surface area contributed by atoms with Gasteiger partial charge in [0.2, 0.25) is 5.91 Å². The van der Waals surface area contributed by atoms with Gasteiger partial charge in [0.15, 0.2) is 0 Å². The van der Waals surface area contributed by atoms with Gasteiger partial charge in [-0.1, -0.05) is 58.4 Å². The van der Waals surface area contributed by atoms with E-state index in [0.717, 1.165) is 37.8 Å². The van der Waals surface area contributed by atoms with Gasteiger partial charge in [-0.25, -0.2) is 5.43 Å². The summed E-state index contributed by atoms with van der Waals surface area (Å²) >= 11 is 3.40. The maximum atomic E-state index is 12.3. The van der Waals surface area contributed by atoms with E-state index in [4.69, 9.17) is 0 Å². The molecule has 158 valence electrons. The molecule has 1 aromatic heterocycles. The first-order valence-electron chi connectivity index (χ1n) is 10.2. The van der Waals surface area contributed by atoms with Crippen LogP contribution < -0.4 is 5.43 Å². The van der Waals surface area contributed by atoms with E-state index in [2.05, 4.69) is 49.2 Å². The molecule has 6 heteroatoms. The lowest BCUT2D eigenvalue weighted by Gasteiger charge is -2.09. The van der Waals surface area contributed by atoms with Crippen molar-refractivity contribution in [1.82, 2.24) is 9.99 Å². The Morgan fingerprint density at radius 2 is 1.88 bits per heavy atom. The standard InChI is InChI=1S/C26H21BrN4O/c1-18-24(16-29-30-26(32)14-19-9-11-22(27)12-10-19)23-7-2-3-8-25(23)31(18)17-21-6-4-5-20(13-21)15-28/h2-13,16H,14,17H2,1H3,(H,30,32)/b29-16-. The van der Waals surface area contributed by atoms with Crippen LogP contribution in [0.2, 0.25) is 0 Å². The van der Waals surface area contributed by atoms with Crippen molar-refractivity contribution in [2.24, 2.45) is 5.10 Å². The molecule has 5 nitrogen and oxygen atoms in total. The van der Waals surface area contributed by atoms with Crippen molar-refractivity contribution >= 4 is 39.0 Å². The lowest BCUT2D eigenvalue weighted by molar-refractivity contribution is -0.120. The van der Waals surface area contributed by atoms with Crippen LogP contribution in [0.25, 0.3) is 10.9 Å². The van der Waals surface area contributed by atoms with Gasteiger partial charge in [0, 0.05) is 33.2 Å². The quantitative estimate of drug-likeness (QED) is 0.297. The molecular weight excluding hydrogens is 464 g/mol. The second kappa shape index (κ2) is 9.63. The molecule has 0 saturated carbocycles. The number of hydrogen-bond acceptors (Lipinski definition) is 3. The van der Waals surface area contributed by atoms with E-state index in [1.807, 2.05) is 61.5 Å². The number of para-hydroxylation sites is 1. The van der Waals surface area contributed by atoms with E-state index < -0.39 is 0 Å². The molecule has 0 spiro atoms. The number of nitrogens with zero attached hydrogens (tertiary/aromatic N) is 3. The summed E-state index contributed by atoms with van der Waals surface area (Å²) in [5, 5.41) is 14.5. The number of hydrogen-bond donors (Lipinski definition) is 1. The van der Waals surface area contributed by atoms with Gasteiger partial charge in [-0.3, -0.25) is 4.79 Å². The van der Waals surface area contributed by atoms with Crippen LogP contribution in [0.3, 0.4) is 0 Å². The predicted molar refractivity (Wildman–Crippen MR) is 131 cm³/mol. The minimum absolute atomic E-state index is 0.168. The van der Waals surface area contributed by atoms with Crippen molar-refractivity contribution in [3.8, 4) is 6.07 Å². The van der Waals surface area contributed by atoms with E-state index in [9.17, 15) is 10.1 Å². The topological polar surface area (TPSA) is 70.2 Å². The molecule has 1 N–H and O–H groups in total. The Labute approximate surface area is 195 Å². The van der Waals surface area contributed by atoms with Gasteiger partial charge < -0.3 is 4.57 Å². The zero-order valence-corrected chi connectivity index (χ0v) is 19.1. The van der Waals surface area contributed by atoms with E-state index in [-0.39, 0.29) is 12.3 Å². The molecule has 0 aliphatic rings. The molecular formula is C26H21BrN4O. The highest BCUT2D eigenvalue weighted by molar-refractivity contribution is 9.10. The molecule has 0 atom stereocenters. The number of aromatic nitrogens is 1. The van der Waals surface area contributed by atoms with Gasteiger partial charge in [-0.15, -0.1) is 0 Å². The third kappa shape index (κ3) is 4.79. The molecule has 32 heavy (non-hydrogen) atoms. The number of nitrogens with one attached hydrogen (secondary N) is 1. The molecule has 0 bridgehead atoms. The van der Waals surface area contributed by atoms with Crippen LogP contribution in [0.1, 0.15) is 27.9 Å². The lowest BCUT2D eigenvalue weighted by atomic mass is 10.1. The molecule has 0 unspecified atom stereocenters. The summed E-state index contributed by atoms with van der Waals surface area (Å²) in [5.74, 6) is -0.168. The maximum absolute atomic E-state index is 12.3. The minimum atomic E-state index is -0.168. The maximum Gasteiger partial charge on any atom is 0.244 e. The Bertz CT molecular complexity index is 1350. The number of amides is 1. The number of fused-ring (bicyclic) bond motifs is 1. The zero-order valence-electron chi connectivity index (χ0n) is 17.5. The van der Waals surface area contributed by atoms with Crippen LogP contribution in [-0.4, -0.2) is 16.7 Å². The van der Waals surface area contributed by atoms with Crippen LogP contribution in [-0.2, 0) is 17.8 Å². The first-order chi connectivity index (χ1) is 15.5. The SMILES string of the molecule is Cc1c(/C=N\NC(=O)Cc2ccc(Br)cc2)c2ccccc2n1Cc1cccc(C#N)c1. The number of nitriles is 1. The number of carbonyl (C=O) groups is 1. The molecule has 0 saturated heterocycles. The number of halogens is 1. The predicted octanol–water partition coefficient (Wildman–Crippen LogP) is 5.33. The summed E-state index contributed by atoms with van der Waals surface area (Å²) < 4.78 is 3.18. The summed E-state index contributed by atoms with van der Waals surface area (Å²) in [6.07, 6.45) is 1.97. The molecule has 0 radical (unpaired) electrons. The van der Waals surface area contributed by atoms with Crippen LogP contribution in [0.5, 0.6) is 0 Å². The summed E-state index contributed by atoms with van der Waals surface area (Å²) in [6, 6.07) is 25.6. The van der Waals surface area contributed by atoms with Crippen molar-refractivity contribution in [3.05, 3.63) is 105 Å². The van der Waals surface area contributed by atoms with E-state index >= 15 is 0 Å². The third-order valence-electron chi connectivity index (χ3n) is 5.34. The Morgan fingerprint density at radius 1 is 1.09 bits per heavy atom. The number of benzene rings is 3. The number of rotatable bonds is 6. The van der Waals surface area contributed by atoms with Crippen molar-refractivity contribution < 1.29 is 4.79 Å². The molecule has 4 aromatic rings. The fourth-order valence-electron chi connectivity index (χ4n) is 3.74. The largest absolute Gasteiger partial charge is 0.340 e. The number of hydrazone groups is 1. The fraction of sp³-hybridized carbons (Fsp3) is 0.115. The van der Waals surface area contributed by atoms with Gasteiger partial charge in [0.05, 0.1) is 24.3 Å². The molecule has 0 fully saturated rings. The van der Waals surface area contributed by atoms with Crippen molar-refractivity contribution in [2.45, 2.75) is 19.9 Å². The fourth-order valence-corrected chi connectivity index (χ4v) is 4.01. The van der Waals surface area contributed by atoms with Gasteiger partial charge in [0.25, 0.3) is 0 Å². The molecule has 1 heterocycles. The highest BCUT2D eigenvalue weighted by Crippen LogP contribution is 2.25. The van der Waals surface area contributed by atoms with Gasteiger partial charge in [-0.2, -0.15) is 10.4 Å². The number of carbonyl (C=O) groups excluding carboxylic acids is 1. The average molecular weight is 485 g/mol. The van der Waals surface area contributed by atoms with Crippen LogP contribution in [0, 0.1) is 18.3 Å². The second-order valence-corrected chi connectivity index (χ2v) is 8.43. The minimum Gasteiger partial charge on any atom is -0.340 e. The summed E-state index contributed by atoms with van der Waals surface area (Å²) in [4.78, 5) is 12.3. The van der Waals surface area contributed by atoms with E-state index in [1.54, 1.807) is 12.3 Å². The van der Waals surface area contributed by atoms with Gasteiger partial charge >= 0.3 is 0 Å². The average Bonchev–Trinajstić information content (AvgIpc) is 3.07. The molecule has 1 amide bonds. The molecule has 0 aliphatic heterocycles. The highest BCUT2D eigenvalue weighted by Gasteiger charge is 2.13. The first kappa shape index (κ1) is 21.5. The monoisotopic (exact) mass is 484 g/mol. The van der Waals surface area contributed by atoms with Gasteiger partial charge in [-0.05, 0) is 48.4 Å². The Kier molecular flexibility index (Phi) is 6.48. The Morgan fingerprint density at radius 3 is 2.66 bits per heavy atom. The lowest BCUT2D eigenvalue weighted by Crippen LogP contribution is -2.19. The summed E-state index contributed by atoms with van der Waals surface area (Å²) in [7, 11) is 0. The van der Waals surface area contributed by atoms with Crippen molar-refractivity contribution in [2.75, 3.05) is 0 Å². The van der Waals surface area contributed by atoms with Crippen molar-refractivity contribution in [3.63, 3.8) is 0 Å². The van der Waals surface area contributed by atoms with E-state index in [0.29, 0.717) is 12.1 Å². The Balaban J connectivity index is 1.56. The van der Waals surface area contributed by atoms with Crippen molar-refractivity contribution in [1.29, 1.82) is 5.26 Å². The molecule has 3 aromatic carbocycles. The first-order valence-corrected chi connectivity index (χ1v) is 11.0. The van der Waals surface area contributed by atoms with Crippen LogP contribution in [0.4, 0.5) is 0 Å². The zero-order chi connectivity index (χ0) is 22.5. The Hall–Kier alpha value is -3.69. The van der Waals surface area contributed by atoms with Crippen LogP contribution >= 0.6 is 15.9 Å². The highest BCUT2D eigenvalue weighted by atomic mass is 79.9. The smallest absolute Gasteiger partial charge is 0.244 e. The summed E-state index contributed by atoms with van der Waals surface area (Å²) in [5.41, 5.74) is 8.34. The second-order valence-electron chi connectivity index (χ2n) is 7.51. The van der Waals surface area contributed by atoms with Crippen LogP contribution in [0.15, 0.2) is 82.4 Å². The normalized spacial score (nSPS) is 11.0. The third-order valence-corrected chi connectivity index (χ3v) is 5.87. The molecule has 0 aliphatic carbocycles. The van der Waals surface area contributed by atoms with E-state index in [1.165, 1.54) is 0 Å².